The van der Waals surface area contributed by atoms with Crippen molar-refractivity contribution in [1.82, 2.24) is 69.1 Å². The van der Waals surface area contributed by atoms with Crippen LogP contribution < -0.4 is 97.8 Å². The quantitative estimate of drug-likeness (QED) is 0.0155. The second-order valence-electron chi connectivity index (χ2n) is 26.5. The van der Waals surface area contributed by atoms with E-state index in [1.807, 2.05) is 0 Å². The first-order valence-electron chi connectivity index (χ1n) is 35.5. The molecule has 0 radical (unpaired) electrons. The molecule has 1 fully saturated rings. The standard InChI is InChI=1S/C66H115N19O19/c1-10-13-19-39(57(96)81-45(25-28-51(91)92)62(101)85-53(36(7)12-3)65(104)84-52(54(69)93)35(6)11-2)79-63(102)46(32-34(4)5)82-59(98)40(20-14-16-29-67)77-58(97)42(22-18-31-73-66(70)71)80-64(103)47(33-48(68)87)83-60(99)41-21-15-17-30-72-49(88)26-23-43(75-38(9)86)56(95)74-37(8)55(94)76-44(61(100)78-41)24-27-50(89)90/h34-37,39-47,52-53H,10-33,67H2,1-9H3,(H2,68,87)(H2,69,93)(H,72,88)(H,74,95)(H,75,86)(H,76,94)(H,77,97)(H,78,100)(H,79,102)(H,80,103)(H,81,96)(H,82,98)(H,83,99)(H,84,104)(H,85,101)(H,89,90)(H,91,92)(H4,70,71,73)/t35-,36-,37-,39-,40-,41-,42?,43-,44-,45-,46-,47-,52-,53-/m0/s1. The molecule has 588 valence electrons. The van der Waals surface area contributed by atoms with Crippen LogP contribution in [0.4, 0.5) is 0 Å². The van der Waals surface area contributed by atoms with E-state index in [-0.39, 0.29) is 108 Å². The summed E-state index contributed by atoms with van der Waals surface area (Å²) in [5.74, 6) is -18.1. The van der Waals surface area contributed by atoms with Gasteiger partial charge in [-0.25, -0.2) is 0 Å². The van der Waals surface area contributed by atoms with Gasteiger partial charge in [0.2, 0.25) is 88.6 Å². The summed E-state index contributed by atoms with van der Waals surface area (Å²) in [5, 5.41) is 52.2. The van der Waals surface area contributed by atoms with Gasteiger partial charge in [-0.15, -0.1) is 0 Å². The lowest BCUT2D eigenvalue weighted by Gasteiger charge is -2.30. The van der Waals surface area contributed by atoms with Gasteiger partial charge < -0.3 is 108 Å². The first-order chi connectivity index (χ1) is 48.9. The molecule has 104 heavy (non-hydrogen) atoms. The molecule has 38 heteroatoms. The van der Waals surface area contributed by atoms with Gasteiger partial charge in [0.25, 0.3) is 0 Å². The monoisotopic (exact) mass is 1480 g/mol. The van der Waals surface area contributed by atoms with Crippen molar-refractivity contribution in [3.8, 4) is 0 Å². The van der Waals surface area contributed by atoms with Crippen LogP contribution in [0.5, 0.6) is 0 Å². The van der Waals surface area contributed by atoms with Crippen LogP contribution in [0, 0.1) is 17.8 Å². The number of carboxylic acid groups (broad SMARTS) is 2. The van der Waals surface area contributed by atoms with E-state index >= 15 is 0 Å². The molecule has 1 saturated heterocycles. The number of primary amides is 2. The highest BCUT2D eigenvalue weighted by Gasteiger charge is 2.38. The van der Waals surface area contributed by atoms with Crippen molar-refractivity contribution in [2.75, 3.05) is 19.6 Å². The van der Waals surface area contributed by atoms with E-state index in [0.29, 0.717) is 32.1 Å². The van der Waals surface area contributed by atoms with Gasteiger partial charge in [0.15, 0.2) is 5.96 Å². The molecule has 0 aromatic rings. The van der Waals surface area contributed by atoms with E-state index in [1.165, 1.54) is 6.92 Å². The predicted octanol–water partition coefficient (Wildman–Crippen LogP) is -4.47. The number of nitrogens with one attached hydrogen (secondary N) is 13. The molecule has 1 aliphatic heterocycles. The molecule has 0 aromatic heterocycles. The Hall–Kier alpha value is -9.78. The van der Waals surface area contributed by atoms with Gasteiger partial charge in [-0.2, -0.15) is 0 Å². The van der Waals surface area contributed by atoms with Crippen LogP contribution in [0.3, 0.4) is 0 Å². The number of carbonyl (C=O) groups excluding carboxylic acids is 15. The molecule has 0 aliphatic carbocycles. The Labute approximate surface area is 606 Å². The largest absolute Gasteiger partial charge is 0.481 e. The third kappa shape index (κ3) is 36.4. The summed E-state index contributed by atoms with van der Waals surface area (Å²) >= 11 is 0. The van der Waals surface area contributed by atoms with Crippen molar-refractivity contribution in [3.63, 3.8) is 0 Å². The number of nitrogens with two attached hydrogens (primary N) is 5. The number of aliphatic imine (C=N–C) groups is 1. The van der Waals surface area contributed by atoms with E-state index in [1.54, 1.807) is 48.5 Å². The molecule has 0 spiro atoms. The number of aliphatic carboxylic acids is 2. The Balaban J connectivity index is 3.81. The van der Waals surface area contributed by atoms with Crippen molar-refractivity contribution in [1.29, 1.82) is 0 Å². The smallest absolute Gasteiger partial charge is 0.303 e. The van der Waals surface area contributed by atoms with E-state index in [0.717, 1.165) is 6.92 Å². The van der Waals surface area contributed by atoms with Crippen molar-refractivity contribution in [2.45, 2.75) is 270 Å². The highest BCUT2D eigenvalue weighted by molar-refractivity contribution is 6.00. The van der Waals surface area contributed by atoms with Gasteiger partial charge in [-0.1, -0.05) is 74.1 Å². The molecule has 0 saturated carbocycles. The normalized spacial score (nSPS) is 19.0. The maximum Gasteiger partial charge on any atom is 0.303 e. The molecular weight excluding hydrogens is 1360 g/mol. The summed E-state index contributed by atoms with van der Waals surface area (Å²) in [6.45, 7) is 14.6. The minimum absolute atomic E-state index is 0.00766. The zero-order chi connectivity index (χ0) is 78.9. The zero-order valence-electron chi connectivity index (χ0n) is 61.3. The van der Waals surface area contributed by atoms with Crippen LogP contribution in [0.2, 0.25) is 0 Å². The van der Waals surface area contributed by atoms with Crippen molar-refractivity contribution < 1.29 is 91.7 Å². The summed E-state index contributed by atoms with van der Waals surface area (Å²) in [5.41, 5.74) is 28.2. The summed E-state index contributed by atoms with van der Waals surface area (Å²) in [6.07, 6.45) is -1.94. The van der Waals surface area contributed by atoms with Crippen LogP contribution in [0.1, 0.15) is 197 Å². The first kappa shape index (κ1) is 92.2. The molecule has 15 amide bonds. The highest BCUT2D eigenvalue weighted by atomic mass is 16.4. The minimum Gasteiger partial charge on any atom is -0.481 e. The number of unbranched alkanes of at least 4 members (excludes halogenated alkanes) is 2. The molecule has 1 aliphatic rings. The highest BCUT2D eigenvalue weighted by Crippen LogP contribution is 2.16. The number of hydrogen-bond donors (Lipinski definition) is 20. The van der Waals surface area contributed by atoms with Gasteiger partial charge in [0.05, 0.1) is 6.42 Å². The lowest BCUT2D eigenvalue weighted by Crippen LogP contribution is -2.61. The fourth-order valence-corrected chi connectivity index (χ4v) is 10.8. The molecule has 38 nitrogen and oxygen atoms in total. The maximum absolute atomic E-state index is 14.7. The van der Waals surface area contributed by atoms with Crippen molar-refractivity contribution >= 4 is 107 Å². The average Bonchev–Trinajstić information content (AvgIpc) is 0.857. The number of carbonyl (C=O) groups is 17. The Morgan fingerprint density at radius 3 is 1.58 bits per heavy atom. The maximum atomic E-state index is 14.7. The average molecular weight is 1480 g/mol. The lowest BCUT2D eigenvalue weighted by atomic mass is 9.94. The summed E-state index contributed by atoms with van der Waals surface area (Å²) in [4.78, 5) is 233. The molecule has 0 aromatic carbocycles. The number of rotatable bonds is 43. The van der Waals surface area contributed by atoms with Gasteiger partial charge in [0, 0.05) is 39.3 Å². The predicted molar refractivity (Wildman–Crippen MR) is 378 cm³/mol. The molecule has 1 rings (SSSR count). The topological polar surface area (TPSA) is 629 Å². The molecule has 1 unspecified atom stereocenters. The minimum atomic E-state index is -1.90. The second-order valence-corrected chi connectivity index (χ2v) is 26.5. The number of hydrogen-bond acceptors (Lipinski definition) is 19. The van der Waals surface area contributed by atoms with Crippen LogP contribution >= 0.6 is 0 Å². The number of guanidine groups is 1. The van der Waals surface area contributed by atoms with E-state index < -0.39 is 211 Å². The Morgan fingerprint density at radius 2 is 1.07 bits per heavy atom. The molecule has 0 bridgehead atoms. The van der Waals surface area contributed by atoms with Crippen LogP contribution in [0.15, 0.2) is 4.99 Å². The molecule has 1 heterocycles. The van der Waals surface area contributed by atoms with Crippen molar-refractivity contribution in [2.24, 2.45) is 51.4 Å². The fraction of sp³-hybridized carbons (Fsp3) is 0.727. The van der Waals surface area contributed by atoms with E-state index in [4.69, 9.17) is 28.7 Å². The van der Waals surface area contributed by atoms with E-state index in [9.17, 15) is 91.7 Å². The summed E-state index contributed by atoms with van der Waals surface area (Å²) in [7, 11) is 0. The van der Waals surface area contributed by atoms with Crippen molar-refractivity contribution in [3.05, 3.63) is 0 Å². The molecule has 14 atom stereocenters. The second kappa shape index (κ2) is 49.0. The first-order valence-corrected chi connectivity index (χ1v) is 35.5. The molecule has 25 N–H and O–H groups in total. The summed E-state index contributed by atoms with van der Waals surface area (Å²) in [6, 6.07) is -17.7. The number of amides is 15. The zero-order valence-corrected chi connectivity index (χ0v) is 61.3. The number of carboxylic acids is 2. The van der Waals surface area contributed by atoms with E-state index in [2.05, 4.69) is 74.1 Å². The third-order valence-electron chi connectivity index (χ3n) is 17.2. The summed E-state index contributed by atoms with van der Waals surface area (Å²) < 4.78 is 0. The molecular formula is C66H115N19O19. The van der Waals surface area contributed by atoms with Crippen LogP contribution in [-0.2, 0) is 81.5 Å². The Morgan fingerprint density at radius 1 is 0.558 bits per heavy atom. The third-order valence-corrected chi connectivity index (χ3v) is 17.2. The van der Waals surface area contributed by atoms with Crippen LogP contribution in [-0.4, -0.2) is 209 Å². The number of nitrogens with zero attached hydrogens (tertiary/aromatic N) is 1. The van der Waals surface area contributed by atoms with Gasteiger partial charge in [-0.05, 0) is 115 Å². The lowest BCUT2D eigenvalue weighted by molar-refractivity contribution is -0.139. The van der Waals surface area contributed by atoms with Gasteiger partial charge in [0.1, 0.15) is 72.5 Å². The fourth-order valence-electron chi connectivity index (χ4n) is 10.8. The Kier molecular flexibility index (Phi) is 43.4. The Bertz CT molecular complexity index is 2970. The van der Waals surface area contributed by atoms with Gasteiger partial charge in [-0.3, -0.25) is 86.5 Å². The van der Waals surface area contributed by atoms with Gasteiger partial charge >= 0.3 is 11.9 Å². The SMILES string of the molecule is CCCC[C@H](NC(=O)[C@H](CC(C)C)NC(=O)[C@H](CCCCN)NC(=O)C(CCCN=C(N)N)NC(=O)[C@H](CC(N)=O)NC(=O)[C@@H]1CCCCNC(=O)CC[C@H](NC(C)=O)C(=O)N[C@@H](C)C(=O)N[C@@H](CCC(=O)O)C(=O)N1)C(=O)N[C@@H](CCC(=O)O)C(=O)N[C@H](C(=O)N[C@H](C(N)=O)[C@@H](C)CC)[C@@H](C)CC. The van der Waals surface area contributed by atoms with Crippen LogP contribution in [0.25, 0.3) is 0 Å².